The Morgan fingerprint density at radius 2 is 2.17 bits per heavy atom. The largest absolute Gasteiger partial charge is 0.341 e. The van der Waals surface area contributed by atoms with Gasteiger partial charge in [0.1, 0.15) is 0 Å². The molecule has 18 heavy (non-hydrogen) atoms. The first-order chi connectivity index (χ1) is 8.25. The van der Waals surface area contributed by atoms with Crippen LogP contribution in [0.2, 0.25) is 0 Å². The van der Waals surface area contributed by atoms with Crippen molar-refractivity contribution in [1.82, 2.24) is 15.1 Å². The Labute approximate surface area is 120 Å². The van der Waals surface area contributed by atoms with Crippen molar-refractivity contribution >= 4 is 30.1 Å². The molecule has 2 aliphatic heterocycles. The van der Waals surface area contributed by atoms with Crippen LogP contribution in [0.15, 0.2) is 0 Å². The number of nitrogens with one attached hydrogen (secondary N) is 1. The van der Waals surface area contributed by atoms with Crippen molar-refractivity contribution < 1.29 is 4.79 Å². The normalized spacial score (nSPS) is 26.3. The molecule has 2 saturated heterocycles. The molecule has 2 fully saturated rings. The number of carbonyl (C=O) groups is 1. The zero-order valence-electron chi connectivity index (χ0n) is 11.1. The molecular weight excluding hydrogens is 270 g/mol. The van der Waals surface area contributed by atoms with Crippen LogP contribution < -0.4 is 5.32 Å². The van der Waals surface area contributed by atoms with E-state index in [1.54, 1.807) is 0 Å². The predicted octanol–water partition coefficient (Wildman–Crippen LogP) is 0.667. The first-order valence-corrected chi connectivity index (χ1v) is 7.68. The molecular formula is C12H24ClN3OS. The SMILES string of the molecule is CN1CCCN(C(=O)CC2CSCCN2)CC1.Cl. The molecule has 106 valence electrons. The average molecular weight is 294 g/mol. The fourth-order valence-electron chi connectivity index (χ4n) is 2.39. The number of carbonyl (C=O) groups excluding carboxylic acids is 1. The summed E-state index contributed by atoms with van der Waals surface area (Å²) in [5.41, 5.74) is 0. The zero-order chi connectivity index (χ0) is 12.1. The zero-order valence-corrected chi connectivity index (χ0v) is 12.7. The summed E-state index contributed by atoms with van der Waals surface area (Å²) in [6.45, 7) is 5.00. The quantitative estimate of drug-likeness (QED) is 0.812. The van der Waals surface area contributed by atoms with Crippen LogP contribution in [0, 0.1) is 0 Å². The van der Waals surface area contributed by atoms with Gasteiger partial charge in [0.05, 0.1) is 0 Å². The third kappa shape index (κ3) is 4.96. The number of thioether (sulfide) groups is 1. The second-order valence-electron chi connectivity index (χ2n) is 4.97. The van der Waals surface area contributed by atoms with E-state index in [0.29, 0.717) is 18.4 Å². The minimum Gasteiger partial charge on any atom is -0.341 e. The van der Waals surface area contributed by atoms with Gasteiger partial charge < -0.3 is 15.1 Å². The van der Waals surface area contributed by atoms with E-state index in [0.717, 1.165) is 44.9 Å². The molecule has 2 aliphatic rings. The van der Waals surface area contributed by atoms with Crippen molar-refractivity contribution in [2.75, 3.05) is 51.3 Å². The summed E-state index contributed by atoms with van der Waals surface area (Å²) in [6.07, 6.45) is 1.78. The molecule has 1 amide bonds. The van der Waals surface area contributed by atoms with Gasteiger partial charge in [0.2, 0.25) is 5.91 Å². The van der Waals surface area contributed by atoms with Gasteiger partial charge in [-0.3, -0.25) is 4.79 Å². The molecule has 0 aromatic rings. The summed E-state index contributed by atoms with van der Waals surface area (Å²) < 4.78 is 0. The summed E-state index contributed by atoms with van der Waals surface area (Å²) in [4.78, 5) is 16.5. The number of hydrogen-bond donors (Lipinski definition) is 1. The van der Waals surface area contributed by atoms with Gasteiger partial charge in [0, 0.05) is 50.1 Å². The molecule has 0 spiro atoms. The van der Waals surface area contributed by atoms with Crippen LogP contribution in [-0.4, -0.2) is 73.0 Å². The number of halogens is 1. The summed E-state index contributed by atoms with van der Waals surface area (Å²) in [5, 5.41) is 3.43. The van der Waals surface area contributed by atoms with E-state index < -0.39 is 0 Å². The number of rotatable bonds is 2. The minimum absolute atomic E-state index is 0. The van der Waals surface area contributed by atoms with Crippen LogP contribution in [0.3, 0.4) is 0 Å². The Kier molecular flexibility index (Phi) is 7.37. The van der Waals surface area contributed by atoms with Crippen molar-refractivity contribution in [2.24, 2.45) is 0 Å². The lowest BCUT2D eigenvalue weighted by molar-refractivity contribution is -0.131. The number of amides is 1. The molecule has 4 nitrogen and oxygen atoms in total. The summed E-state index contributed by atoms with van der Waals surface area (Å²) >= 11 is 1.95. The van der Waals surface area contributed by atoms with Crippen LogP contribution in [0.4, 0.5) is 0 Å². The maximum atomic E-state index is 12.2. The molecule has 0 radical (unpaired) electrons. The van der Waals surface area contributed by atoms with Gasteiger partial charge >= 0.3 is 0 Å². The Hall–Kier alpha value is 0.0300. The van der Waals surface area contributed by atoms with Gasteiger partial charge in [0.15, 0.2) is 0 Å². The maximum absolute atomic E-state index is 12.2. The summed E-state index contributed by atoms with van der Waals surface area (Å²) in [5.74, 6) is 2.60. The topological polar surface area (TPSA) is 35.6 Å². The van der Waals surface area contributed by atoms with Gasteiger partial charge in [-0.15, -0.1) is 12.4 Å². The Morgan fingerprint density at radius 3 is 2.89 bits per heavy atom. The molecule has 1 atom stereocenters. The number of likely N-dealkylation sites (N-methyl/N-ethyl adjacent to an activating group) is 1. The highest BCUT2D eigenvalue weighted by Gasteiger charge is 2.22. The van der Waals surface area contributed by atoms with Crippen LogP contribution in [0.1, 0.15) is 12.8 Å². The van der Waals surface area contributed by atoms with Gasteiger partial charge in [-0.05, 0) is 20.0 Å². The second-order valence-corrected chi connectivity index (χ2v) is 6.12. The standard InChI is InChI=1S/C12H23N3OS.ClH/c1-14-4-2-5-15(7-6-14)12(16)9-11-10-17-8-3-13-11;/h11,13H,2-10H2,1H3;1H. The first kappa shape index (κ1) is 16.1. The van der Waals surface area contributed by atoms with E-state index in [4.69, 9.17) is 0 Å². The number of nitrogens with zero attached hydrogens (tertiary/aromatic N) is 2. The lowest BCUT2D eigenvalue weighted by Gasteiger charge is -2.26. The van der Waals surface area contributed by atoms with E-state index in [1.807, 2.05) is 16.7 Å². The predicted molar refractivity (Wildman–Crippen MR) is 79.7 cm³/mol. The molecule has 0 aromatic heterocycles. The van der Waals surface area contributed by atoms with E-state index >= 15 is 0 Å². The Bertz CT molecular complexity index is 262. The van der Waals surface area contributed by atoms with Crippen molar-refractivity contribution in [2.45, 2.75) is 18.9 Å². The van der Waals surface area contributed by atoms with Crippen LogP contribution in [-0.2, 0) is 4.79 Å². The minimum atomic E-state index is 0. The van der Waals surface area contributed by atoms with E-state index in [2.05, 4.69) is 17.3 Å². The maximum Gasteiger partial charge on any atom is 0.224 e. The lowest BCUT2D eigenvalue weighted by Crippen LogP contribution is -2.43. The highest BCUT2D eigenvalue weighted by molar-refractivity contribution is 7.99. The average Bonchev–Trinajstić information content (AvgIpc) is 2.55. The summed E-state index contributed by atoms with van der Waals surface area (Å²) in [6, 6.07) is 0.391. The van der Waals surface area contributed by atoms with Crippen molar-refractivity contribution in [3.63, 3.8) is 0 Å². The van der Waals surface area contributed by atoms with Gasteiger partial charge in [0.25, 0.3) is 0 Å². The van der Waals surface area contributed by atoms with Crippen LogP contribution >= 0.6 is 24.2 Å². The third-order valence-electron chi connectivity index (χ3n) is 3.49. The fraction of sp³-hybridized carbons (Fsp3) is 0.917. The Morgan fingerprint density at radius 1 is 1.33 bits per heavy atom. The van der Waals surface area contributed by atoms with Crippen molar-refractivity contribution in [3.8, 4) is 0 Å². The van der Waals surface area contributed by atoms with E-state index in [9.17, 15) is 4.79 Å². The first-order valence-electron chi connectivity index (χ1n) is 6.53. The smallest absolute Gasteiger partial charge is 0.224 e. The van der Waals surface area contributed by atoms with E-state index in [-0.39, 0.29) is 12.4 Å². The highest BCUT2D eigenvalue weighted by Crippen LogP contribution is 2.12. The molecule has 0 aliphatic carbocycles. The molecule has 2 heterocycles. The van der Waals surface area contributed by atoms with Gasteiger partial charge in [-0.25, -0.2) is 0 Å². The molecule has 2 rings (SSSR count). The molecule has 0 aromatic carbocycles. The molecule has 0 saturated carbocycles. The molecule has 1 unspecified atom stereocenters. The molecule has 1 N–H and O–H groups in total. The molecule has 6 heteroatoms. The molecule has 0 bridgehead atoms. The van der Waals surface area contributed by atoms with Crippen LogP contribution in [0.5, 0.6) is 0 Å². The highest BCUT2D eigenvalue weighted by atomic mass is 35.5. The van der Waals surface area contributed by atoms with Crippen molar-refractivity contribution in [1.29, 1.82) is 0 Å². The second kappa shape index (κ2) is 8.25. The van der Waals surface area contributed by atoms with Crippen LogP contribution in [0.25, 0.3) is 0 Å². The van der Waals surface area contributed by atoms with Crippen molar-refractivity contribution in [3.05, 3.63) is 0 Å². The summed E-state index contributed by atoms with van der Waals surface area (Å²) in [7, 11) is 2.13. The van der Waals surface area contributed by atoms with Gasteiger partial charge in [-0.1, -0.05) is 0 Å². The lowest BCUT2D eigenvalue weighted by atomic mass is 10.2. The third-order valence-corrected chi connectivity index (χ3v) is 4.62. The Balaban J connectivity index is 0.00000162. The monoisotopic (exact) mass is 293 g/mol. The van der Waals surface area contributed by atoms with E-state index in [1.165, 1.54) is 5.75 Å². The van der Waals surface area contributed by atoms with Gasteiger partial charge in [-0.2, -0.15) is 11.8 Å². The number of hydrogen-bond acceptors (Lipinski definition) is 4. The fourth-order valence-corrected chi connectivity index (χ4v) is 3.34.